The number of benzene rings is 1. The van der Waals surface area contributed by atoms with E-state index in [0.717, 1.165) is 24.8 Å². The standard InChI is InChI=1S/C14H14Br2O/c15-12-6-9-5-8-3-1-2-4-10(8)14(17)11(9)7-13(12)16/h1-4,9,11-13H,5-7H2/t9-,11-,12+,13+/m0/s1. The Balaban J connectivity index is 1.97. The van der Waals surface area contributed by atoms with Crippen molar-refractivity contribution in [2.45, 2.75) is 28.9 Å². The lowest BCUT2D eigenvalue weighted by atomic mass is 9.68. The smallest absolute Gasteiger partial charge is 0.166 e. The van der Waals surface area contributed by atoms with Gasteiger partial charge in [-0.25, -0.2) is 0 Å². The van der Waals surface area contributed by atoms with Crippen LogP contribution in [0.25, 0.3) is 0 Å². The Morgan fingerprint density at radius 3 is 2.59 bits per heavy atom. The molecule has 1 fully saturated rings. The molecule has 0 radical (unpaired) electrons. The van der Waals surface area contributed by atoms with E-state index in [2.05, 4.69) is 37.9 Å². The number of carbonyl (C=O) groups excluding carboxylic acids is 1. The molecule has 0 aromatic heterocycles. The average Bonchev–Trinajstić information content (AvgIpc) is 2.32. The van der Waals surface area contributed by atoms with Crippen molar-refractivity contribution in [1.29, 1.82) is 0 Å². The van der Waals surface area contributed by atoms with Crippen molar-refractivity contribution < 1.29 is 4.79 Å². The highest BCUT2D eigenvalue weighted by atomic mass is 79.9. The molecule has 2 aliphatic carbocycles. The SMILES string of the molecule is O=C1c2ccccc2C[C@H]2C[C@@H](Br)[C@H](Br)C[C@H]12. The van der Waals surface area contributed by atoms with Crippen molar-refractivity contribution in [3.63, 3.8) is 0 Å². The number of alkyl halides is 2. The van der Waals surface area contributed by atoms with Crippen LogP contribution in [0.3, 0.4) is 0 Å². The van der Waals surface area contributed by atoms with E-state index in [9.17, 15) is 4.79 Å². The summed E-state index contributed by atoms with van der Waals surface area (Å²) in [4.78, 5) is 13.4. The van der Waals surface area contributed by atoms with Crippen molar-refractivity contribution in [2.75, 3.05) is 0 Å². The molecule has 0 aliphatic heterocycles. The van der Waals surface area contributed by atoms with Crippen LogP contribution in [-0.4, -0.2) is 15.4 Å². The number of halogens is 2. The molecule has 0 N–H and O–H groups in total. The highest BCUT2D eigenvalue weighted by Gasteiger charge is 2.42. The van der Waals surface area contributed by atoms with Gasteiger partial charge in [-0.2, -0.15) is 0 Å². The summed E-state index contributed by atoms with van der Waals surface area (Å²) in [5.41, 5.74) is 2.20. The van der Waals surface area contributed by atoms with E-state index >= 15 is 0 Å². The molecule has 0 heterocycles. The predicted octanol–water partition coefficient (Wildman–Crippen LogP) is 3.98. The van der Waals surface area contributed by atoms with Crippen LogP contribution in [-0.2, 0) is 6.42 Å². The van der Waals surface area contributed by atoms with Gasteiger partial charge in [0, 0.05) is 21.1 Å². The molecule has 1 aromatic carbocycles. The third-order valence-electron chi connectivity index (χ3n) is 4.07. The van der Waals surface area contributed by atoms with Crippen LogP contribution in [0, 0.1) is 11.8 Å². The molecular weight excluding hydrogens is 344 g/mol. The molecule has 3 heteroatoms. The number of hydrogen-bond donors (Lipinski definition) is 0. The van der Waals surface area contributed by atoms with E-state index in [1.165, 1.54) is 5.56 Å². The predicted molar refractivity (Wildman–Crippen MR) is 76.1 cm³/mol. The van der Waals surface area contributed by atoms with E-state index < -0.39 is 0 Å². The van der Waals surface area contributed by atoms with E-state index in [1.807, 2.05) is 18.2 Å². The van der Waals surface area contributed by atoms with Crippen LogP contribution in [0.5, 0.6) is 0 Å². The minimum atomic E-state index is 0.225. The molecular formula is C14H14Br2O. The highest BCUT2D eigenvalue weighted by Crippen LogP contribution is 2.43. The minimum absolute atomic E-state index is 0.225. The van der Waals surface area contributed by atoms with Gasteiger partial charge < -0.3 is 0 Å². The topological polar surface area (TPSA) is 17.1 Å². The lowest BCUT2D eigenvalue weighted by Crippen LogP contribution is -2.41. The lowest BCUT2D eigenvalue weighted by molar-refractivity contribution is 0.0810. The van der Waals surface area contributed by atoms with Gasteiger partial charge in [0.15, 0.2) is 5.78 Å². The number of hydrogen-bond acceptors (Lipinski definition) is 1. The van der Waals surface area contributed by atoms with Crippen molar-refractivity contribution in [2.24, 2.45) is 11.8 Å². The van der Waals surface area contributed by atoms with Gasteiger partial charge in [-0.15, -0.1) is 0 Å². The van der Waals surface area contributed by atoms with Crippen LogP contribution < -0.4 is 0 Å². The summed E-state index contributed by atoms with van der Waals surface area (Å²) in [6.07, 6.45) is 3.13. The second-order valence-electron chi connectivity index (χ2n) is 5.10. The Kier molecular flexibility index (Phi) is 3.16. The van der Waals surface area contributed by atoms with Crippen LogP contribution in [0.4, 0.5) is 0 Å². The summed E-state index contributed by atoms with van der Waals surface area (Å²) < 4.78 is 0. The Hall–Kier alpha value is -0.150. The molecule has 2 aliphatic rings. The quantitative estimate of drug-likeness (QED) is 0.642. The summed E-state index contributed by atoms with van der Waals surface area (Å²) in [7, 11) is 0. The normalized spacial score (nSPS) is 36.2. The highest BCUT2D eigenvalue weighted by molar-refractivity contribution is 9.12. The largest absolute Gasteiger partial charge is 0.294 e. The van der Waals surface area contributed by atoms with Gasteiger partial charge in [-0.05, 0) is 30.7 Å². The fourth-order valence-electron chi connectivity index (χ4n) is 3.15. The first-order chi connectivity index (χ1) is 8.16. The first-order valence-corrected chi connectivity index (χ1v) is 7.90. The molecule has 0 unspecified atom stereocenters. The van der Waals surface area contributed by atoms with Gasteiger partial charge in [0.05, 0.1) is 0 Å². The number of rotatable bonds is 0. The zero-order valence-corrected chi connectivity index (χ0v) is 12.6. The Morgan fingerprint density at radius 2 is 1.76 bits per heavy atom. The molecule has 1 aromatic rings. The summed E-state index contributed by atoms with van der Waals surface area (Å²) >= 11 is 7.40. The molecule has 4 atom stereocenters. The first-order valence-electron chi connectivity index (χ1n) is 6.07. The molecule has 0 saturated heterocycles. The summed E-state index contributed by atoms with van der Waals surface area (Å²) in [6, 6.07) is 8.09. The van der Waals surface area contributed by atoms with Crippen LogP contribution in [0.1, 0.15) is 28.8 Å². The maximum absolute atomic E-state index is 12.5. The van der Waals surface area contributed by atoms with Crippen molar-refractivity contribution in [1.82, 2.24) is 0 Å². The molecule has 3 rings (SSSR count). The van der Waals surface area contributed by atoms with E-state index in [0.29, 0.717) is 21.4 Å². The third kappa shape index (κ3) is 2.01. The van der Waals surface area contributed by atoms with E-state index in [1.54, 1.807) is 0 Å². The molecule has 0 amide bonds. The molecule has 0 bridgehead atoms. The minimum Gasteiger partial charge on any atom is -0.294 e. The summed E-state index contributed by atoms with van der Waals surface area (Å²) in [5, 5.41) is 0. The first kappa shape index (κ1) is 11.9. The zero-order chi connectivity index (χ0) is 12.0. The second-order valence-corrected chi connectivity index (χ2v) is 7.45. The van der Waals surface area contributed by atoms with Gasteiger partial charge in [-0.3, -0.25) is 4.79 Å². The molecule has 1 saturated carbocycles. The fourth-order valence-corrected chi connectivity index (χ4v) is 4.47. The van der Waals surface area contributed by atoms with E-state index in [-0.39, 0.29) is 5.92 Å². The molecule has 0 spiro atoms. The number of carbonyl (C=O) groups is 1. The van der Waals surface area contributed by atoms with Gasteiger partial charge >= 0.3 is 0 Å². The summed E-state index contributed by atoms with van der Waals surface area (Å²) in [5.74, 6) is 1.11. The Bertz CT molecular complexity index is 457. The van der Waals surface area contributed by atoms with Crippen molar-refractivity contribution in [3.05, 3.63) is 35.4 Å². The maximum Gasteiger partial charge on any atom is 0.166 e. The maximum atomic E-state index is 12.5. The zero-order valence-electron chi connectivity index (χ0n) is 9.40. The van der Waals surface area contributed by atoms with Gasteiger partial charge in [-0.1, -0.05) is 56.1 Å². The van der Waals surface area contributed by atoms with Crippen molar-refractivity contribution in [3.8, 4) is 0 Å². The molecule has 90 valence electrons. The summed E-state index contributed by atoms with van der Waals surface area (Å²) in [6.45, 7) is 0. The molecule has 1 nitrogen and oxygen atoms in total. The second kappa shape index (κ2) is 4.51. The van der Waals surface area contributed by atoms with Gasteiger partial charge in [0.2, 0.25) is 0 Å². The van der Waals surface area contributed by atoms with Gasteiger partial charge in [0.25, 0.3) is 0 Å². The Labute approximate surface area is 118 Å². The monoisotopic (exact) mass is 356 g/mol. The fraction of sp³-hybridized carbons (Fsp3) is 0.500. The van der Waals surface area contributed by atoms with Crippen LogP contribution in [0.2, 0.25) is 0 Å². The van der Waals surface area contributed by atoms with E-state index in [4.69, 9.17) is 0 Å². The molecule has 17 heavy (non-hydrogen) atoms. The third-order valence-corrected chi connectivity index (χ3v) is 6.80. The number of Topliss-reactive ketones (excluding diaryl/α,β-unsaturated/α-hetero) is 1. The van der Waals surface area contributed by atoms with Gasteiger partial charge in [0.1, 0.15) is 0 Å². The average molecular weight is 358 g/mol. The van der Waals surface area contributed by atoms with Crippen LogP contribution >= 0.6 is 31.9 Å². The lowest BCUT2D eigenvalue weighted by Gasteiger charge is -2.39. The number of ketones is 1. The Morgan fingerprint density at radius 1 is 1.06 bits per heavy atom. The van der Waals surface area contributed by atoms with Crippen molar-refractivity contribution >= 4 is 37.6 Å². The number of fused-ring (bicyclic) bond motifs is 2. The van der Waals surface area contributed by atoms with Crippen LogP contribution in [0.15, 0.2) is 24.3 Å².